The number of nitrogens with zero attached hydrogens (tertiary/aromatic N) is 2. The van der Waals surface area contributed by atoms with Gasteiger partial charge in [-0.3, -0.25) is 9.52 Å². The predicted octanol–water partition coefficient (Wildman–Crippen LogP) is 3.32. The summed E-state index contributed by atoms with van der Waals surface area (Å²) in [7, 11) is -4.02. The Labute approximate surface area is 191 Å². The first-order valence-electron chi connectivity index (χ1n) is 10.1. The summed E-state index contributed by atoms with van der Waals surface area (Å²) >= 11 is 6.03. The number of carbonyl (C=O) groups excluding carboxylic acids is 1. The van der Waals surface area contributed by atoms with Gasteiger partial charge in [0.15, 0.2) is 0 Å². The molecule has 1 atom stereocenters. The summed E-state index contributed by atoms with van der Waals surface area (Å²) in [5, 5.41) is 10.0. The molecule has 1 fully saturated rings. The molecule has 1 aromatic heterocycles. The lowest BCUT2D eigenvalue weighted by Crippen LogP contribution is -2.40. The molecule has 2 N–H and O–H groups in total. The molecule has 9 nitrogen and oxygen atoms in total. The molecular formula is C21H24ClN3O6S. The molecule has 0 spiro atoms. The van der Waals surface area contributed by atoms with Crippen molar-refractivity contribution >= 4 is 45.1 Å². The maximum absolute atomic E-state index is 12.8. The van der Waals surface area contributed by atoms with Gasteiger partial charge in [-0.25, -0.2) is 18.2 Å². The lowest BCUT2D eigenvalue weighted by atomic mass is 9.98. The average Bonchev–Trinajstić information content (AvgIpc) is 2.75. The number of ether oxygens (including phenoxy) is 1. The zero-order valence-corrected chi connectivity index (χ0v) is 19.2. The lowest BCUT2D eigenvalue weighted by molar-refractivity contribution is -0.148. The van der Waals surface area contributed by atoms with Gasteiger partial charge in [0.05, 0.1) is 29.3 Å². The zero-order valence-electron chi connectivity index (χ0n) is 17.7. The fraction of sp³-hybridized carbons (Fsp3) is 0.381. The Kier molecular flexibility index (Phi) is 7.25. The summed E-state index contributed by atoms with van der Waals surface area (Å²) in [5.74, 6) is -1.79. The van der Waals surface area contributed by atoms with Crippen LogP contribution in [0.1, 0.15) is 35.7 Å². The smallest absolute Gasteiger partial charge is 0.339 e. The number of benzene rings is 1. The second kappa shape index (κ2) is 9.74. The number of carbonyl (C=O) groups is 2. The highest BCUT2D eigenvalue weighted by Crippen LogP contribution is 2.29. The molecule has 1 aliphatic rings. The van der Waals surface area contributed by atoms with Gasteiger partial charge in [0.2, 0.25) is 0 Å². The van der Waals surface area contributed by atoms with Gasteiger partial charge in [0, 0.05) is 18.1 Å². The van der Waals surface area contributed by atoms with E-state index in [1.165, 1.54) is 24.4 Å². The Bertz CT molecular complexity index is 1140. The van der Waals surface area contributed by atoms with E-state index in [2.05, 4.69) is 9.71 Å². The van der Waals surface area contributed by atoms with Gasteiger partial charge in [0.25, 0.3) is 10.0 Å². The summed E-state index contributed by atoms with van der Waals surface area (Å²) in [6.07, 6.45) is 2.58. The topological polar surface area (TPSA) is 126 Å². The summed E-state index contributed by atoms with van der Waals surface area (Å²) in [4.78, 5) is 30.0. The molecule has 0 amide bonds. The Morgan fingerprint density at radius 3 is 2.81 bits per heavy atom. The Balaban J connectivity index is 1.89. The SMILES string of the molecule is CCOC(=O)C1CCCN(c2ncc(NS(=O)(=O)c3cccc(Cl)c3C)cc2C(=O)O)C1. The molecular weight excluding hydrogens is 458 g/mol. The van der Waals surface area contributed by atoms with Gasteiger partial charge in [-0.2, -0.15) is 0 Å². The first-order valence-corrected chi connectivity index (χ1v) is 11.9. The fourth-order valence-corrected chi connectivity index (χ4v) is 5.17. The summed E-state index contributed by atoms with van der Waals surface area (Å²) in [6.45, 7) is 4.38. The van der Waals surface area contributed by atoms with E-state index in [1.807, 2.05) is 0 Å². The number of pyridine rings is 1. The summed E-state index contributed by atoms with van der Waals surface area (Å²) in [6, 6.07) is 5.73. The molecule has 2 heterocycles. The van der Waals surface area contributed by atoms with E-state index in [0.29, 0.717) is 30.0 Å². The standard InChI is InChI=1S/C21H24ClN3O6S/c1-3-31-21(28)14-6-5-9-25(12-14)19-16(20(26)27)10-15(11-23-19)24-32(29,30)18-8-4-7-17(22)13(18)2/h4,7-8,10-11,14,24H,3,5-6,9,12H2,1-2H3,(H,26,27). The van der Waals surface area contributed by atoms with E-state index in [0.717, 1.165) is 0 Å². The van der Waals surface area contributed by atoms with Crippen LogP contribution in [0.15, 0.2) is 35.4 Å². The van der Waals surface area contributed by atoms with Crippen molar-refractivity contribution in [1.82, 2.24) is 4.98 Å². The molecule has 2 aromatic rings. The molecule has 0 saturated carbocycles. The number of hydrogen-bond acceptors (Lipinski definition) is 7. The number of esters is 1. The van der Waals surface area contributed by atoms with Crippen molar-refractivity contribution in [2.75, 3.05) is 29.3 Å². The van der Waals surface area contributed by atoms with Crippen LogP contribution >= 0.6 is 11.6 Å². The number of carboxylic acids is 1. The van der Waals surface area contributed by atoms with Gasteiger partial charge in [0.1, 0.15) is 11.4 Å². The maximum atomic E-state index is 12.8. The third kappa shape index (κ3) is 5.13. The Morgan fingerprint density at radius 1 is 1.38 bits per heavy atom. The minimum atomic E-state index is -4.02. The van der Waals surface area contributed by atoms with Crippen molar-refractivity contribution in [2.45, 2.75) is 31.6 Å². The van der Waals surface area contributed by atoms with Crippen molar-refractivity contribution in [3.05, 3.63) is 46.6 Å². The van der Waals surface area contributed by atoms with Crippen molar-refractivity contribution < 1.29 is 27.9 Å². The summed E-state index contributed by atoms with van der Waals surface area (Å²) < 4.78 is 33.1. The molecule has 1 aromatic carbocycles. The van der Waals surface area contributed by atoms with Crippen LogP contribution in [0.25, 0.3) is 0 Å². The molecule has 11 heteroatoms. The molecule has 0 radical (unpaired) electrons. The third-order valence-electron chi connectivity index (χ3n) is 5.20. The summed E-state index contributed by atoms with van der Waals surface area (Å²) in [5.41, 5.74) is 0.213. The van der Waals surface area contributed by atoms with Gasteiger partial charge in [-0.05, 0) is 50.5 Å². The minimum Gasteiger partial charge on any atom is -0.478 e. The number of anilines is 2. The van der Waals surface area contributed by atoms with Crippen LogP contribution in [0.4, 0.5) is 11.5 Å². The monoisotopic (exact) mass is 481 g/mol. The van der Waals surface area contributed by atoms with Crippen molar-refractivity contribution in [1.29, 1.82) is 0 Å². The van der Waals surface area contributed by atoms with E-state index >= 15 is 0 Å². The number of piperidine rings is 1. The largest absolute Gasteiger partial charge is 0.478 e. The number of aromatic carboxylic acids is 1. The molecule has 172 valence electrons. The average molecular weight is 482 g/mol. The number of nitrogens with one attached hydrogen (secondary N) is 1. The Morgan fingerprint density at radius 2 is 2.12 bits per heavy atom. The second-order valence-corrected chi connectivity index (χ2v) is 9.46. The first-order chi connectivity index (χ1) is 15.1. The number of halogens is 1. The number of sulfonamides is 1. The van der Waals surface area contributed by atoms with Gasteiger partial charge in [-0.1, -0.05) is 17.7 Å². The van der Waals surface area contributed by atoms with E-state index in [9.17, 15) is 23.1 Å². The van der Waals surface area contributed by atoms with Crippen LogP contribution in [-0.2, 0) is 19.6 Å². The quantitative estimate of drug-likeness (QED) is 0.577. The highest BCUT2D eigenvalue weighted by Gasteiger charge is 2.30. The first kappa shape index (κ1) is 23.8. The van der Waals surface area contributed by atoms with Crippen molar-refractivity contribution in [3.8, 4) is 0 Å². The van der Waals surface area contributed by atoms with E-state index < -0.39 is 16.0 Å². The number of carboxylic acid groups (broad SMARTS) is 1. The highest BCUT2D eigenvalue weighted by atomic mass is 35.5. The molecule has 0 aliphatic carbocycles. The van der Waals surface area contributed by atoms with Gasteiger partial charge >= 0.3 is 11.9 Å². The third-order valence-corrected chi connectivity index (χ3v) is 7.13. The lowest BCUT2D eigenvalue weighted by Gasteiger charge is -2.33. The number of hydrogen-bond donors (Lipinski definition) is 2. The normalized spacial score (nSPS) is 16.5. The van der Waals surface area contributed by atoms with E-state index in [-0.39, 0.29) is 47.0 Å². The van der Waals surface area contributed by atoms with Crippen molar-refractivity contribution in [2.24, 2.45) is 5.92 Å². The van der Waals surface area contributed by atoms with Crippen LogP contribution in [-0.4, -0.2) is 50.1 Å². The number of rotatable bonds is 7. The van der Waals surface area contributed by atoms with Crippen LogP contribution < -0.4 is 9.62 Å². The van der Waals surface area contributed by atoms with E-state index in [1.54, 1.807) is 24.8 Å². The number of aromatic nitrogens is 1. The van der Waals surface area contributed by atoms with Crippen molar-refractivity contribution in [3.63, 3.8) is 0 Å². The molecule has 0 bridgehead atoms. The fourth-order valence-electron chi connectivity index (χ4n) is 3.63. The predicted molar refractivity (Wildman–Crippen MR) is 120 cm³/mol. The Hall–Kier alpha value is -2.85. The molecule has 3 rings (SSSR count). The van der Waals surface area contributed by atoms with E-state index in [4.69, 9.17) is 16.3 Å². The molecule has 1 aliphatic heterocycles. The zero-order chi connectivity index (χ0) is 23.5. The van der Waals surface area contributed by atoms with Crippen LogP contribution in [0, 0.1) is 12.8 Å². The maximum Gasteiger partial charge on any atom is 0.339 e. The molecule has 32 heavy (non-hydrogen) atoms. The molecule has 1 unspecified atom stereocenters. The molecule has 1 saturated heterocycles. The highest BCUT2D eigenvalue weighted by molar-refractivity contribution is 7.92. The van der Waals surface area contributed by atoms with Gasteiger partial charge in [-0.15, -0.1) is 0 Å². The van der Waals surface area contributed by atoms with Crippen LogP contribution in [0.5, 0.6) is 0 Å². The second-order valence-electron chi connectivity index (χ2n) is 7.41. The minimum absolute atomic E-state index is 0.00415. The van der Waals surface area contributed by atoms with Gasteiger partial charge < -0.3 is 14.7 Å². The van der Waals surface area contributed by atoms with Crippen LogP contribution in [0.2, 0.25) is 5.02 Å². The van der Waals surface area contributed by atoms with Crippen LogP contribution in [0.3, 0.4) is 0 Å².